The lowest BCUT2D eigenvalue weighted by Gasteiger charge is -2.23. The van der Waals surface area contributed by atoms with Gasteiger partial charge in [-0.05, 0) is 25.5 Å². The van der Waals surface area contributed by atoms with Gasteiger partial charge in [-0.15, -0.1) is 0 Å². The lowest BCUT2D eigenvalue weighted by molar-refractivity contribution is -0.141. The first kappa shape index (κ1) is 15.0. The van der Waals surface area contributed by atoms with Crippen LogP contribution in [0.5, 0.6) is 0 Å². The predicted octanol–water partition coefficient (Wildman–Crippen LogP) is 0.975. The number of carbonyl (C=O) groups excluding carboxylic acids is 1. The van der Waals surface area contributed by atoms with Crippen LogP contribution in [0.25, 0.3) is 0 Å². The van der Waals surface area contributed by atoms with Crippen LogP contribution in [0.3, 0.4) is 0 Å². The zero-order valence-corrected chi connectivity index (χ0v) is 11.1. The summed E-state index contributed by atoms with van der Waals surface area (Å²) in [6.45, 7) is 3.16. The largest absolute Gasteiger partial charge is 0.480 e. The molecule has 0 spiro atoms. The highest BCUT2D eigenvalue weighted by molar-refractivity contribution is 5.94. The Morgan fingerprint density at radius 2 is 1.89 bits per heavy atom. The number of anilines is 1. The predicted molar refractivity (Wildman–Crippen MR) is 71.2 cm³/mol. The molecule has 19 heavy (non-hydrogen) atoms. The Bertz CT molecular complexity index is 473. The molecule has 2 atom stereocenters. The molecule has 0 radical (unpaired) electrons. The normalized spacial score (nSPS) is 13.5. The van der Waals surface area contributed by atoms with Gasteiger partial charge in [0.05, 0.1) is 6.10 Å². The van der Waals surface area contributed by atoms with Crippen LogP contribution in [0.4, 0.5) is 10.5 Å². The van der Waals surface area contributed by atoms with Crippen molar-refractivity contribution < 1.29 is 19.8 Å². The van der Waals surface area contributed by atoms with E-state index >= 15 is 0 Å². The molecule has 1 rings (SSSR count). The molecule has 2 amide bonds. The third-order valence-corrected chi connectivity index (χ3v) is 2.81. The number of amides is 2. The third-order valence-electron chi connectivity index (χ3n) is 2.81. The smallest absolute Gasteiger partial charge is 0.328 e. The Morgan fingerprint density at radius 3 is 2.37 bits per heavy atom. The van der Waals surface area contributed by atoms with Crippen LogP contribution in [0.2, 0.25) is 0 Å². The number of para-hydroxylation sites is 1. The topological polar surface area (TPSA) is 89.9 Å². The summed E-state index contributed by atoms with van der Waals surface area (Å²) in [7, 11) is 1.54. The van der Waals surface area contributed by atoms with Crippen molar-refractivity contribution in [3.05, 3.63) is 29.8 Å². The molecule has 0 saturated heterocycles. The second kappa shape index (κ2) is 6.19. The number of hydrogen-bond donors (Lipinski definition) is 3. The van der Waals surface area contributed by atoms with Crippen LogP contribution in [-0.2, 0) is 4.79 Å². The van der Waals surface area contributed by atoms with Crippen LogP contribution in [0.15, 0.2) is 24.3 Å². The number of urea groups is 1. The molecule has 0 bridgehead atoms. The standard InChI is InChI=1S/C13H18N2O4/c1-8-6-4-5-7-10(8)15(3)13(19)14-11(9(2)16)12(17)18/h4-7,9,11,16H,1-3H3,(H,14,19)(H,17,18)/t9-,11+/m1/s1. The van der Waals surface area contributed by atoms with Crippen molar-refractivity contribution in [2.45, 2.75) is 26.0 Å². The average molecular weight is 266 g/mol. The number of aryl methyl sites for hydroxylation is 1. The van der Waals surface area contributed by atoms with Gasteiger partial charge in [0.1, 0.15) is 0 Å². The lowest BCUT2D eigenvalue weighted by Crippen LogP contribution is -2.51. The number of aliphatic carboxylic acids is 1. The number of nitrogens with zero attached hydrogens (tertiary/aromatic N) is 1. The zero-order valence-electron chi connectivity index (χ0n) is 11.1. The van der Waals surface area contributed by atoms with Crippen molar-refractivity contribution in [1.82, 2.24) is 5.32 Å². The molecule has 0 aromatic heterocycles. The second-order valence-corrected chi connectivity index (χ2v) is 4.35. The van der Waals surface area contributed by atoms with E-state index in [9.17, 15) is 14.7 Å². The monoisotopic (exact) mass is 266 g/mol. The quantitative estimate of drug-likeness (QED) is 0.757. The van der Waals surface area contributed by atoms with Crippen LogP contribution in [0.1, 0.15) is 12.5 Å². The minimum atomic E-state index is -1.33. The fourth-order valence-electron chi connectivity index (χ4n) is 1.67. The highest BCUT2D eigenvalue weighted by atomic mass is 16.4. The molecule has 0 aliphatic rings. The number of carboxylic acids is 1. The number of carboxylic acid groups (broad SMARTS) is 1. The van der Waals surface area contributed by atoms with E-state index < -0.39 is 24.1 Å². The van der Waals surface area contributed by atoms with Gasteiger partial charge in [0.15, 0.2) is 6.04 Å². The van der Waals surface area contributed by atoms with E-state index in [4.69, 9.17) is 5.11 Å². The van der Waals surface area contributed by atoms with Gasteiger partial charge in [-0.3, -0.25) is 4.90 Å². The number of hydrogen-bond acceptors (Lipinski definition) is 3. The Hall–Kier alpha value is -2.08. The minimum Gasteiger partial charge on any atom is -0.480 e. The van der Waals surface area contributed by atoms with E-state index in [1.54, 1.807) is 19.2 Å². The molecule has 3 N–H and O–H groups in total. The van der Waals surface area contributed by atoms with Gasteiger partial charge >= 0.3 is 12.0 Å². The molecule has 1 aromatic carbocycles. The van der Waals surface area contributed by atoms with Gasteiger partial charge in [-0.25, -0.2) is 9.59 Å². The summed E-state index contributed by atoms with van der Waals surface area (Å²) in [5.74, 6) is -1.28. The second-order valence-electron chi connectivity index (χ2n) is 4.35. The molecule has 0 aliphatic heterocycles. The molecule has 6 heteroatoms. The third kappa shape index (κ3) is 3.69. The molecule has 0 heterocycles. The number of benzene rings is 1. The number of rotatable bonds is 4. The van der Waals surface area contributed by atoms with Crippen molar-refractivity contribution in [3.63, 3.8) is 0 Å². The summed E-state index contributed by atoms with van der Waals surface area (Å²) in [5.41, 5.74) is 1.57. The van der Waals surface area contributed by atoms with E-state index in [-0.39, 0.29) is 0 Å². The van der Waals surface area contributed by atoms with Crippen molar-refractivity contribution in [3.8, 4) is 0 Å². The molecule has 0 fully saturated rings. The summed E-state index contributed by atoms with van der Waals surface area (Å²) in [6.07, 6.45) is -1.17. The van der Waals surface area contributed by atoms with Crippen LogP contribution < -0.4 is 10.2 Å². The summed E-state index contributed by atoms with van der Waals surface area (Å²) >= 11 is 0. The molecule has 6 nitrogen and oxygen atoms in total. The van der Waals surface area contributed by atoms with Crippen molar-refractivity contribution in [2.24, 2.45) is 0 Å². The van der Waals surface area contributed by atoms with Gasteiger partial charge in [0.25, 0.3) is 0 Å². The van der Waals surface area contributed by atoms with E-state index in [0.717, 1.165) is 5.56 Å². The number of carbonyl (C=O) groups is 2. The van der Waals surface area contributed by atoms with Crippen LogP contribution in [-0.4, -0.2) is 41.4 Å². The van der Waals surface area contributed by atoms with Crippen molar-refractivity contribution in [1.29, 1.82) is 0 Å². The zero-order chi connectivity index (χ0) is 14.6. The molecular formula is C13H18N2O4. The molecule has 104 valence electrons. The first-order valence-electron chi connectivity index (χ1n) is 5.85. The van der Waals surface area contributed by atoms with E-state index in [1.165, 1.54) is 11.8 Å². The van der Waals surface area contributed by atoms with E-state index in [1.807, 2.05) is 19.1 Å². The van der Waals surface area contributed by atoms with Crippen LogP contribution >= 0.6 is 0 Å². The van der Waals surface area contributed by atoms with Gasteiger partial charge < -0.3 is 15.5 Å². The van der Waals surface area contributed by atoms with Crippen molar-refractivity contribution >= 4 is 17.7 Å². The number of aliphatic hydroxyl groups excluding tert-OH is 1. The SMILES string of the molecule is Cc1ccccc1N(C)C(=O)N[C@H](C(=O)O)[C@@H](C)O. The van der Waals surface area contributed by atoms with Gasteiger partial charge in [-0.2, -0.15) is 0 Å². The Morgan fingerprint density at radius 1 is 1.32 bits per heavy atom. The fourth-order valence-corrected chi connectivity index (χ4v) is 1.67. The highest BCUT2D eigenvalue weighted by Crippen LogP contribution is 2.17. The Labute approximate surface area is 111 Å². The highest BCUT2D eigenvalue weighted by Gasteiger charge is 2.26. The van der Waals surface area contributed by atoms with Gasteiger partial charge in [0, 0.05) is 12.7 Å². The molecular weight excluding hydrogens is 248 g/mol. The summed E-state index contributed by atoms with van der Waals surface area (Å²) < 4.78 is 0. The number of nitrogens with one attached hydrogen (secondary N) is 1. The van der Waals surface area contributed by atoms with Crippen molar-refractivity contribution in [2.75, 3.05) is 11.9 Å². The first-order chi connectivity index (χ1) is 8.84. The van der Waals surface area contributed by atoms with Gasteiger partial charge in [0.2, 0.25) is 0 Å². The molecule has 1 aromatic rings. The maximum Gasteiger partial charge on any atom is 0.328 e. The summed E-state index contributed by atoms with van der Waals surface area (Å²) in [4.78, 5) is 24.2. The minimum absolute atomic E-state index is 0.581. The Balaban J connectivity index is 2.83. The maximum atomic E-state index is 12.0. The lowest BCUT2D eigenvalue weighted by atomic mass is 10.2. The Kier molecular flexibility index (Phi) is 4.88. The van der Waals surface area contributed by atoms with Crippen LogP contribution in [0, 0.1) is 6.92 Å². The van der Waals surface area contributed by atoms with Gasteiger partial charge in [-0.1, -0.05) is 18.2 Å². The summed E-state index contributed by atoms with van der Waals surface area (Å²) in [6, 6.07) is 5.33. The fraction of sp³-hybridized carbons (Fsp3) is 0.385. The molecule has 0 aliphatic carbocycles. The molecule has 0 saturated carbocycles. The number of aliphatic hydroxyl groups is 1. The van der Waals surface area contributed by atoms with E-state index in [0.29, 0.717) is 5.69 Å². The van der Waals surface area contributed by atoms with E-state index in [2.05, 4.69) is 5.32 Å². The average Bonchev–Trinajstić information content (AvgIpc) is 2.34. The summed E-state index contributed by atoms with van der Waals surface area (Å²) in [5, 5.41) is 20.5. The molecule has 0 unspecified atom stereocenters. The first-order valence-corrected chi connectivity index (χ1v) is 5.85. The maximum absolute atomic E-state index is 12.0.